The number of halogens is 3. The summed E-state index contributed by atoms with van der Waals surface area (Å²) >= 11 is 12.8. The molecule has 0 bridgehead atoms. The third-order valence-corrected chi connectivity index (χ3v) is 20.9. The number of carboxylic acids is 5. The van der Waals surface area contributed by atoms with E-state index >= 15 is 0 Å². The smallest absolute Gasteiger partial charge is 0 e. The Hall–Kier alpha value is -10.3. The van der Waals surface area contributed by atoms with Crippen LogP contribution in [-0.4, -0.2) is 211 Å². The molecule has 0 spiro atoms. The summed E-state index contributed by atoms with van der Waals surface area (Å²) in [7, 11) is 4.34. The number of thiol groups is 1. The van der Waals surface area contributed by atoms with E-state index in [1.807, 2.05) is 128 Å². The molecule has 6 N–H and O–H groups in total. The summed E-state index contributed by atoms with van der Waals surface area (Å²) < 4.78 is 17.5. The van der Waals surface area contributed by atoms with Crippen molar-refractivity contribution in [1.82, 2.24) is 35.1 Å². The quantitative estimate of drug-likeness (QED) is 0.00336. The van der Waals surface area contributed by atoms with Gasteiger partial charge in [0.15, 0.2) is 34.9 Å². The fourth-order valence-corrected chi connectivity index (χ4v) is 15.4. The Balaban J connectivity index is -0.000000484. The maximum Gasteiger partial charge on any atom is 0 e. The van der Waals surface area contributed by atoms with Gasteiger partial charge in [0.05, 0.1) is 9.75 Å². The van der Waals surface area contributed by atoms with Gasteiger partial charge in [-0.2, -0.15) is 4.79 Å². The molecule has 3 radical (unpaired) electrons. The average Bonchev–Trinajstić information content (AvgIpc) is 1.67. The number of carboxylic acid groups (broad SMARTS) is 5. The number of carbonyl (C=O) groups is 15. The number of nitrogens with zero attached hydrogens (tertiary/aromatic N) is 9. The number of nitrogens with one attached hydrogen (secondary N) is 1. The van der Waals surface area contributed by atoms with Crippen LogP contribution in [0.25, 0.3) is 47.8 Å². The summed E-state index contributed by atoms with van der Waals surface area (Å²) in [5.74, 6) is -8.02. The number of ether oxygens (including phenoxy) is 3. The van der Waals surface area contributed by atoms with Gasteiger partial charge in [-0.1, -0.05) is 155 Å². The van der Waals surface area contributed by atoms with Crippen molar-refractivity contribution in [1.29, 1.82) is 0 Å². The summed E-state index contributed by atoms with van der Waals surface area (Å²) in [6.45, 7) is 36.0. The molecule has 2 saturated heterocycles. The maximum absolute atomic E-state index is 12.0. The van der Waals surface area contributed by atoms with Crippen molar-refractivity contribution in [2.24, 2.45) is 4.30 Å². The number of aliphatic carboxylic acids is 4. The molecule has 2 aliphatic rings. The number of hydrogen-bond donors (Lipinski definition) is 7. The van der Waals surface area contributed by atoms with Gasteiger partial charge < -0.3 is 50.6 Å². The SMILES string of the molecule is CC(=O)C(=[N+]=[N-])C(=O)OC(C)(C)C.CC(=O)C(NC(=O)c1ccccc1)C(=O)OC(C)(C)C.CC(=O)CC(=O)OC(C)(C)C.CC(=O)O.CC(=O)O.CC(=O)O.CC(=O)O.CC(=O)c1nc(-c2ccccc2)sc1C.CC(=O)c1nc(-c2ccccc2)sc1CBr.CC(=O)c1nc(-c2ccccc2)sc1CN1CCCC1.Cl.Cl.O=C(O)c1nc(-c2ccccc2)sc1CN1CCCC1.[B]=NS.[Rh].[Rh]. The molecule has 2 aliphatic heterocycles. The summed E-state index contributed by atoms with van der Waals surface area (Å²) in [6, 6.07) is 46.7. The molecule has 33 nitrogen and oxygen atoms in total. The summed E-state index contributed by atoms with van der Waals surface area (Å²) in [4.78, 5) is 189. The molecule has 1 amide bonds. The minimum atomic E-state index is -1.29. The Morgan fingerprint density at radius 1 is 0.471 bits per heavy atom. The van der Waals surface area contributed by atoms with E-state index in [2.05, 4.69) is 80.5 Å². The van der Waals surface area contributed by atoms with Crippen LogP contribution >= 0.6 is 98.9 Å². The number of alkyl halides is 1. The van der Waals surface area contributed by atoms with Crippen LogP contribution in [0.2, 0.25) is 0 Å². The second-order valence-electron chi connectivity index (χ2n) is 31.4. The number of amides is 1. The number of likely N-dealkylation sites (tertiary alicyclic amines) is 2. The molecule has 44 heteroatoms. The predicted octanol–water partition coefficient (Wildman–Crippen LogP) is 18.9. The standard InChI is InChI=1S/C16H18N2OS.C15H16N2O2S.C15H19NO4.C12H10BrNOS.C12H11NOS.C8H12N2O3.C8H14O3.4C2H4O2.BHNS.2ClH.2Rh/c1-12(19)15-14(11-18-9-5-6-10-18)20-16(17-15)13-7-3-2-4-8-13;18-15(19)13-12(10-17-8-4-5-9-17)20-14(16-13)11-6-2-1-3-7-11;1-10(17)12(14(19)20-15(2,3)4)16-13(18)11-8-6-5-7-9-11;1-8(15)11-10(7-13)16-12(14-11)9-5-3-2-4-6-9;1-8(14)11-9(2)15-12(13-11)10-6-4-3-5-7-10;1-5(11)6(10-9)7(12)13-8(2,3)4;1-6(9)5-7(10)11-8(2,3)4;4*1-2(3)4;1-2-3;;;;/h2-4,7-8H,5-6,9-11H2,1H3;1-3,6-7H,4-5,8-10H2,(H,18,19);5-9,12H,1-4H3,(H,16,18);2-6H,7H2,1H3;3-7H,1-2H3;1-4H3;5H2,1-4H3;4*1H3,(H,3,4);3H;2*1H;;. The molecule has 138 heavy (non-hydrogen) atoms. The van der Waals surface area contributed by atoms with Gasteiger partial charge in [0.2, 0.25) is 5.78 Å². The molecule has 755 valence electrons. The van der Waals surface area contributed by atoms with Gasteiger partial charge in [0, 0.05) is 150 Å². The van der Waals surface area contributed by atoms with Crippen molar-refractivity contribution in [3.63, 3.8) is 0 Å². The second kappa shape index (κ2) is 72.0. The molecular formula is C94H119BBrCl2N10O23Rh2S5. The number of aryl methyl sites for hydroxylation is 1. The van der Waals surface area contributed by atoms with Gasteiger partial charge in [0.1, 0.15) is 66.1 Å². The number of thiazole rings is 4. The molecular weight excluding hydrogens is 2160 g/mol. The van der Waals surface area contributed by atoms with Gasteiger partial charge in [-0.15, -0.1) is 70.2 Å². The van der Waals surface area contributed by atoms with Crippen molar-refractivity contribution >= 4 is 201 Å². The molecule has 9 aromatic rings. The number of ketones is 6. The van der Waals surface area contributed by atoms with Crippen molar-refractivity contribution in [3.05, 3.63) is 205 Å². The Morgan fingerprint density at radius 2 is 0.754 bits per heavy atom. The Bertz CT molecular complexity index is 5220. The van der Waals surface area contributed by atoms with Gasteiger partial charge in [0.25, 0.3) is 29.8 Å². The molecule has 0 saturated carbocycles. The third kappa shape index (κ3) is 61.2. The van der Waals surface area contributed by atoms with E-state index < -0.39 is 93.8 Å². The number of carbonyl (C=O) groups excluding carboxylic acids is 10. The summed E-state index contributed by atoms with van der Waals surface area (Å²) in [6.07, 6.45) is 4.80. The Kier molecular flexibility index (Phi) is 71.1. The number of esters is 3. The fourth-order valence-electron chi connectivity index (χ4n) is 10.6. The topological polar surface area (TPSA) is 504 Å². The number of rotatable bonds is 21. The van der Waals surface area contributed by atoms with Crippen LogP contribution in [0.1, 0.15) is 235 Å². The minimum absolute atomic E-state index is 0. The molecule has 6 heterocycles. The number of benzene rings is 5. The first kappa shape index (κ1) is 136. The average molecular weight is 2280 g/mol. The molecule has 5 aromatic carbocycles. The Labute approximate surface area is 873 Å². The molecule has 4 aromatic heterocycles. The molecule has 2 fully saturated rings. The second-order valence-corrected chi connectivity index (χ2v) is 36.7. The third-order valence-electron chi connectivity index (χ3n) is 15.6. The first-order valence-electron chi connectivity index (χ1n) is 41.1. The monoisotopic (exact) mass is 2280 g/mol. The zero-order valence-electron chi connectivity index (χ0n) is 80.1. The van der Waals surface area contributed by atoms with Gasteiger partial charge in [-0.3, -0.25) is 67.3 Å². The number of hydrogen-bond acceptors (Lipinski definition) is 30. The summed E-state index contributed by atoms with van der Waals surface area (Å²) in [5.41, 5.74) is 12.4. The molecule has 1 atom stereocenters. The van der Waals surface area contributed by atoms with E-state index in [-0.39, 0.29) is 99.0 Å². The van der Waals surface area contributed by atoms with Crippen LogP contribution in [-0.2, 0) is 120 Å². The Morgan fingerprint density at radius 3 is 1.01 bits per heavy atom. The van der Waals surface area contributed by atoms with Crippen LogP contribution in [0.5, 0.6) is 0 Å². The first-order valence-corrected chi connectivity index (χ1v) is 45.8. The van der Waals surface area contributed by atoms with Crippen LogP contribution in [0, 0.1) is 6.92 Å². The van der Waals surface area contributed by atoms with E-state index in [0.29, 0.717) is 34.5 Å². The van der Waals surface area contributed by atoms with Crippen LogP contribution < -0.4 is 5.32 Å². The van der Waals surface area contributed by atoms with Crippen LogP contribution in [0.4, 0.5) is 0 Å². The van der Waals surface area contributed by atoms with E-state index in [4.69, 9.17) is 59.3 Å². The predicted molar refractivity (Wildman–Crippen MR) is 539 cm³/mol. The van der Waals surface area contributed by atoms with Crippen molar-refractivity contribution in [2.75, 3.05) is 26.2 Å². The fraction of sp³-hybridized carbons (Fsp3) is 0.383. The van der Waals surface area contributed by atoms with Gasteiger partial charge in [-0.05, 0) is 147 Å². The minimum Gasteiger partial charge on any atom is 0 e. The van der Waals surface area contributed by atoms with Crippen molar-refractivity contribution in [2.45, 2.75) is 212 Å². The number of Topliss-reactive ketones (excluding diaryl/α,β-unsaturated/α-hetero) is 6. The zero-order chi connectivity index (χ0) is 102. The molecule has 11 rings (SSSR count). The van der Waals surface area contributed by atoms with Crippen LogP contribution in [0.15, 0.2) is 156 Å². The zero-order valence-corrected chi connectivity index (χ0v) is 90.8. The van der Waals surface area contributed by atoms with E-state index in [9.17, 15) is 57.8 Å². The van der Waals surface area contributed by atoms with Gasteiger partial charge in [-0.25, -0.2) is 34.3 Å². The van der Waals surface area contributed by atoms with Crippen LogP contribution in [0.3, 0.4) is 0 Å². The maximum atomic E-state index is 12.0. The van der Waals surface area contributed by atoms with Gasteiger partial charge >= 0.3 is 54.3 Å². The first-order chi connectivity index (χ1) is 62.5. The largest absolute Gasteiger partial charge is 0 e. The van der Waals surface area contributed by atoms with E-state index in [1.165, 1.54) is 50.9 Å². The van der Waals surface area contributed by atoms with E-state index in [1.54, 1.807) is 147 Å². The molecule has 1 unspecified atom stereocenters. The number of aromatic carboxylic acids is 1. The number of aromatic nitrogens is 4. The van der Waals surface area contributed by atoms with Crippen molar-refractivity contribution in [3.8, 4) is 42.3 Å². The summed E-state index contributed by atoms with van der Waals surface area (Å²) in [5, 5.41) is 45.6. The molecule has 0 aliphatic carbocycles. The van der Waals surface area contributed by atoms with E-state index in [0.717, 1.165) is 129 Å². The van der Waals surface area contributed by atoms with Crippen molar-refractivity contribution < 1.29 is 155 Å². The normalized spacial score (nSPS) is 11.3.